The summed E-state index contributed by atoms with van der Waals surface area (Å²) in [6, 6.07) is 5.96. The summed E-state index contributed by atoms with van der Waals surface area (Å²) in [5.74, 6) is 1.52. The van der Waals surface area contributed by atoms with E-state index in [-0.39, 0.29) is 6.04 Å². The summed E-state index contributed by atoms with van der Waals surface area (Å²) in [5, 5.41) is 0. The molecule has 1 aliphatic rings. The molecule has 0 bridgehead atoms. The molecule has 0 fully saturated rings. The van der Waals surface area contributed by atoms with E-state index in [0.717, 1.165) is 17.1 Å². The molecule has 0 saturated carbocycles. The van der Waals surface area contributed by atoms with E-state index in [1.54, 1.807) is 14.2 Å². The molecule has 1 atom stereocenters. The number of hydrazine groups is 1. The number of benzene rings is 1. The highest BCUT2D eigenvalue weighted by Crippen LogP contribution is 2.35. The lowest BCUT2D eigenvalue weighted by Crippen LogP contribution is -2.24. The number of methoxy groups -OCH3 is 2. The molecule has 80 valence electrons. The maximum Gasteiger partial charge on any atom is 0.165 e. The Bertz CT molecular complexity index is 377. The zero-order chi connectivity index (χ0) is 10.7. The average molecular weight is 206 g/mol. The Kier molecular flexibility index (Phi) is 2.78. The fourth-order valence-corrected chi connectivity index (χ4v) is 1.67. The van der Waals surface area contributed by atoms with E-state index in [9.17, 15) is 0 Å². The van der Waals surface area contributed by atoms with Crippen LogP contribution in [0, 0.1) is 0 Å². The van der Waals surface area contributed by atoms with E-state index in [2.05, 4.69) is 10.9 Å². The average Bonchev–Trinajstić information content (AvgIpc) is 2.81. The monoisotopic (exact) mass is 206 g/mol. The van der Waals surface area contributed by atoms with Crippen LogP contribution in [0.2, 0.25) is 0 Å². The molecule has 0 amide bonds. The standard InChI is InChI=1S/C11H14N2O2/c1-14-10-5-3-4-8(11(10)15-2)9-6-7-12-13-9/h3-7,9,12-13H,1-2H3. The minimum Gasteiger partial charge on any atom is -0.493 e. The van der Waals surface area contributed by atoms with Crippen molar-refractivity contribution >= 4 is 0 Å². The van der Waals surface area contributed by atoms with Crippen LogP contribution in [-0.4, -0.2) is 14.2 Å². The quantitative estimate of drug-likeness (QED) is 0.783. The van der Waals surface area contributed by atoms with Gasteiger partial charge in [0.05, 0.1) is 20.3 Å². The number of nitrogens with one attached hydrogen (secondary N) is 2. The molecule has 2 N–H and O–H groups in total. The Morgan fingerprint density at radius 2 is 2.07 bits per heavy atom. The maximum atomic E-state index is 5.35. The Morgan fingerprint density at radius 1 is 1.20 bits per heavy atom. The van der Waals surface area contributed by atoms with Crippen molar-refractivity contribution in [2.45, 2.75) is 6.04 Å². The van der Waals surface area contributed by atoms with Gasteiger partial charge < -0.3 is 14.9 Å². The van der Waals surface area contributed by atoms with Crippen molar-refractivity contribution in [2.24, 2.45) is 0 Å². The fraction of sp³-hybridized carbons (Fsp3) is 0.273. The van der Waals surface area contributed by atoms with Gasteiger partial charge in [0.1, 0.15) is 0 Å². The molecule has 15 heavy (non-hydrogen) atoms. The molecular formula is C11H14N2O2. The Balaban J connectivity index is 2.40. The summed E-state index contributed by atoms with van der Waals surface area (Å²) in [6.45, 7) is 0. The first-order valence-corrected chi connectivity index (χ1v) is 4.75. The minimum absolute atomic E-state index is 0.120. The molecule has 2 rings (SSSR count). The molecule has 4 nitrogen and oxygen atoms in total. The number of hydrogen-bond donors (Lipinski definition) is 2. The predicted molar refractivity (Wildman–Crippen MR) is 57.7 cm³/mol. The second-order valence-corrected chi connectivity index (χ2v) is 3.21. The van der Waals surface area contributed by atoms with Gasteiger partial charge in [-0.15, -0.1) is 0 Å². The van der Waals surface area contributed by atoms with Crippen molar-refractivity contribution in [3.63, 3.8) is 0 Å². The third-order valence-electron chi connectivity index (χ3n) is 2.38. The van der Waals surface area contributed by atoms with Crippen molar-refractivity contribution in [1.82, 2.24) is 10.9 Å². The van der Waals surface area contributed by atoms with E-state index in [4.69, 9.17) is 9.47 Å². The highest BCUT2D eigenvalue weighted by molar-refractivity contribution is 5.49. The van der Waals surface area contributed by atoms with Crippen molar-refractivity contribution in [3.8, 4) is 11.5 Å². The fourth-order valence-electron chi connectivity index (χ4n) is 1.67. The molecular weight excluding hydrogens is 192 g/mol. The third-order valence-corrected chi connectivity index (χ3v) is 2.38. The van der Waals surface area contributed by atoms with Crippen molar-refractivity contribution in [3.05, 3.63) is 36.0 Å². The first kappa shape index (κ1) is 9.86. The Hall–Kier alpha value is -1.68. The zero-order valence-electron chi connectivity index (χ0n) is 8.78. The summed E-state index contributed by atoms with van der Waals surface area (Å²) in [7, 11) is 3.28. The predicted octanol–water partition coefficient (Wildman–Crippen LogP) is 1.37. The highest BCUT2D eigenvalue weighted by atomic mass is 16.5. The smallest absolute Gasteiger partial charge is 0.165 e. The third kappa shape index (κ3) is 1.76. The van der Waals surface area contributed by atoms with E-state index >= 15 is 0 Å². The molecule has 1 unspecified atom stereocenters. The molecule has 1 aliphatic heterocycles. The molecule has 0 radical (unpaired) electrons. The topological polar surface area (TPSA) is 42.5 Å². The normalized spacial score (nSPS) is 18.7. The van der Waals surface area contributed by atoms with Gasteiger partial charge in [0, 0.05) is 11.8 Å². The van der Waals surface area contributed by atoms with Gasteiger partial charge in [-0.1, -0.05) is 12.1 Å². The SMILES string of the molecule is COc1cccc(C2C=CNN2)c1OC. The zero-order valence-corrected chi connectivity index (χ0v) is 8.78. The molecule has 1 aromatic carbocycles. The lowest BCUT2D eigenvalue weighted by Gasteiger charge is -2.16. The first-order chi connectivity index (χ1) is 7.36. The summed E-state index contributed by atoms with van der Waals surface area (Å²) in [6.07, 6.45) is 3.89. The van der Waals surface area contributed by atoms with Crippen LogP contribution in [-0.2, 0) is 0 Å². The molecule has 4 heteroatoms. The summed E-state index contributed by atoms with van der Waals surface area (Å²) < 4.78 is 10.6. The van der Waals surface area contributed by atoms with Gasteiger partial charge >= 0.3 is 0 Å². The van der Waals surface area contributed by atoms with Crippen LogP contribution in [0.3, 0.4) is 0 Å². The van der Waals surface area contributed by atoms with Crippen LogP contribution in [0.4, 0.5) is 0 Å². The van der Waals surface area contributed by atoms with Gasteiger partial charge in [-0.2, -0.15) is 0 Å². The second-order valence-electron chi connectivity index (χ2n) is 3.21. The van der Waals surface area contributed by atoms with Crippen molar-refractivity contribution in [2.75, 3.05) is 14.2 Å². The number of para-hydroxylation sites is 1. The summed E-state index contributed by atoms with van der Waals surface area (Å²) in [4.78, 5) is 0. The van der Waals surface area contributed by atoms with Gasteiger partial charge in [-0.3, -0.25) is 0 Å². The van der Waals surface area contributed by atoms with Crippen LogP contribution in [0.5, 0.6) is 11.5 Å². The molecule has 0 spiro atoms. The van der Waals surface area contributed by atoms with Crippen LogP contribution in [0.15, 0.2) is 30.5 Å². The summed E-state index contributed by atoms with van der Waals surface area (Å²) >= 11 is 0. The van der Waals surface area contributed by atoms with Gasteiger partial charge in [0.2, 0.25) is 0 Å². The molecule has 0 aromatic heterocycles. The number of rotatable bonds is 3. The first-order valence-electron chi connectivity index (χ1n) is 4.75. The molecule has 1 heterocycles. The molecule has 0 saturated heterocycles. The van der Waals surface area contributed by atoms with E-state index < -0.39 is 0 Å². The van der Waals surface area contributed by atoms with Crippen LogP contribution in [0.25, 0.3) is 0 Å². The van der Waals surface area contributed by atoms with Gasteiger partial charge in [0.15, 0.2) is 11.5 Å². The van der Waals surface area contributed by atoms with Gasteiger partial charge in [0.25, 0.3) is 0 Å². The van der Waals surface area contributed by atoms with Crippen LogP contribution >= 0.6 is 0 Å². The molecule has 1 aromatic rings. The minimum atomic E-state index is 0.120. The van der Waals surface area contributed by atoms with Gasteiger partial charge in [-0.25, -0.2) is 5.43 Å². The lowest BCUT2D eigenvalue weighted by atomic mass is 10.1. The van der Waals surface area contributed by atoms with E-state index in [0.29, 0.717) is 0 Å². The highest BCUT2D eigenvalue weighted by Gasteiger charge is 2.18. The summed E-state index contributed by atoms with van der Waals surface area (Å²) in [5.41, 5.74) is 7.09. The van der Waals surface area contributed by atoms with Crippen molar-refractivity contribution < 1.29 is 9.47 Å². The number of ether oxygens (including phenoxy) is 2. The Morgan fingerprint density at radius 3 is 2.67 bits per heavy atom. The Labute approximate surface area is 88.9 Å². The number of hydrogen-bond acceptors (Lipinski definition) is 4. The van der Waals surface area contributed by atoms with Crippen LogP contribution < -0.4 is 20.3 Å². The largest absolute Gasteiger partial charge is 0.493 e. The molecule has 0 aliphatic carbocycles. The maximum absolute atomic E-state index is 5.35. The lowest BCUT2D eigenvalue weighted by molar-refractivity contribution is 0.349. The van der Waals surface area contributed by atoms with Gasteiger partial charge in [-0.05, 0) is 12.1 Å². The van der Waals surface area contributed by atoms with Crippen LogP contribution in [0.1, 0.15) is 11.6 Å². The second kappa shape index (κ2) is 4.23. The van der Waals surface area contributed by atoms with E-state index in [1.165, 1.54) is 0 Å². The van der Waals surface area contributed by atoms with E-state index in [1.807, 2.05) is 30.5 Å². The van der Waals surface area contributed by atoms with Crippen molar-refractivity contribution in [1.29, 1.82) is 0 Å².